The van der Waals surface area contributed by atoms with Crippen LogP contribution in [0, 0.1) is 11.6 Å². The van der Waals surface area contributed by atoms with E-state index in [1.165, 1.54) is 12.1 Å². The van der Waals surface area contributed by atoms with Gasteiger partial charge in [0, 0.05) is 11.0 Å². The fraction of sp³-hybridized carbons (Fsp3) is 0.500. The summed E-state index contributed by atoms with van der Waals surface area (Å²) in [6.45, 7) is 3.66. The molecule has 98 valence electrons. The van der Waals surface area contributed by atoms with Crippen molar-refractivity contribution >= 4 is 5.97 Å². The first kappa shape index (κ1) is 13.0. The molecule has 2 rings (SSSR count). The van der Waals surface area contributed by atoms with Gasteiger partial charge in [-0.2, -0.15) is 0 Å². The van der Waals surface area contributed by atoms with Crippen LogP contribution in [0.15, 0.2) is 12.1 Å². The SMILES string of the molecule is CC(C)c1ccc(F)c(C2(CC(=O)O)CC2)c1F. The van der Waals surface area contributed by atoms with E-state index < -0.39 is 23.0 Å². The number of carboxylic acids is 1. The van der Waals surface area contributed by atoms with Gasteiger partial charge in [0.2, 0.25) is 0 Å². The van der Waals surface area contributed by atoms with Crippen LogP contribution < -0.4 is 0 Å². The van der Waals surface area contributed by atoms with E-state index in [4.69, 9.17) is 5.11 Å². The molecule has 1 aromatic rings. The average Bonchev–Trinajstić information content (AvgIpc) is 2.96. The van der Waals surface area contributed by atoms with Crippen LogP contribution in [0.1, 0.15) is 50.2 Å². The summed E-state index contributed by atoms with van der Waals surface area (Å²) in [6.07, 6.45) is 0.867. The van der Waals surface area contributed by atoms with Crippen molar-refractivity contribution in [2.45, 2.75) is 44.4 Å². The van der Waals surface area contributed by atoms with Crippen molar-refractivity contribution < 1.29 is 18.7 Å². The van der Waals surface area contributed by atoms with E-state index in [0.29, 0.717) is 18.4 Å². The number of aliphatic carboxylic acids is 1. The predicted molar refractivity (Wildman–Crippen MR) is 63.6 cm³/mol. The average molecular weight is 254 g/mol. The van der Waals surface area contributed by atoms with Crippen molar-refractivity contribution in [2.75, 3.05) is 0 Å². The van der Waals surface area contributed by atoms with E-state index >= 15 is 0 Å². The fourth-order valence-corrected chi connectivity index (χ4v) is 2.46. The lowest BCUT2D eigenvalue weighted by molar-refractivity contribution is -0.137. The van der Waals surface area contributed by atoms with Crippen LogP contribution in [0.25, 0.3) is 0 Å². The Morgan fingerprint density at radius 1 is 1.39 bits per heavy atom. The number of benzene rings is 1. The second-order valence-electron chi connectivity index (χ2n) is 5.33. The Kier molecular flexibility index (Phi) is 3.13. The molecule has 0 aliphatic heterocycles. The van der Waals surface area contributed by atoms with Crippen LogP contribution >= 0.6 is 0 Å². The lowest BCUT2D eigenvalue weighted by Crippen LogP contribution is -2.18. The van der Waals surface area contributed by atoms with Gasteiger partial charge in [-0.3, -0.25) is 4.79 Å². The molecule has 1 N–H and O–H groups in total. The van der Waals surface area contributed by atoms with E-state index in [-0.39, 0.29) is 17.9 Å². The molecule has 1 aromatic carbocycles. The Hall–Kier alpha value is -1.45. The molecule has 0 spiro atoms. The highest BCUT2D eigenvalue weighted by atomic mass is 19.1. The molecular formula is C14H16F2O2. The summed E-state index contributed by atoms with van der Waals surface area (Å²) in [4.78, 5) is 10.8. The Morgan fingerprint density at radius 2 is 2.00 bits per heavy atom. The molecule has 0 heterocycles. The maximum atomic E-state index is 14.3. The third-order valence-corrected chi connectivity index (χ3v) is 3.62. The molecule has 1 aliphatic rings. The van der Waals surface area contributed by atoms with Gasteiger partial charge in [0.25, 0.3) is 0 Å². The first-order chi connectivity index (χ1) is 8.37. The lowest BCUT2D eigenvalue weighted by atomic mass is 9.88. The molecule has 2 nitrogen and oxygen atoms in total. The third-order valence-electron chi connectivity index (χ3n) is 3.62. The van der Waals surface area contributed by atoms with Gasteiger partial charge in [-0.05, 0) is 30.4 Å². The first-order valence-corrected chi connectivity index (χ1v) is 6.07. The molecule has 0 aromatic heterocycles. The Bertz CT molecular complexity index is 491. The number of carbonyl (C=O) groups is 1. The largest absolute Gasteiger partial charge is 0.481 e. The summed E-state index contributed by atoms with van der Waals surface area (Å²) in [7, 11) is 0. The van der Waals surface area contributed by atoms with E-state index in [1.807, 2.05) is 13.8 Å². The molecular weight excluding hydrogens is 238 g/mol. The number of halogens is 2. The van der Waals surface area contributed by atoms with Crippen LogP contribution in [-0.4, -0.2) is 11.1 Å². The van der Waals surface area contributed by atoms with E-state index in [0.717, 1.165) is 0 Å². The smallest absolute Gasteiger partial charge is 0.304 e. The maximum Gasteiger partial charge on any atom is 0.304 e. The first-order valence-electron chi connectivity index (χ1n) is 6.07. The molecule has 0 saturated heterocycles. The number of hydrogen-bond acceptors (Lipinski definition) is 1. The topological polar surface area (TPSA) is 37.3 Å². The second kappa shape index (κ2) is 4.34. The molecule has 0 unspecified atom stereocenters. The lowest BCUT2D eigenvalue weighted by Gasteiger charge is -2.18. The van der Waals surface area contributed by atoms with Crippen LogP contribution in [-0.2, 0) is 10.2 Å². The number of rotatable bonds is 4. The molecule has 18 heavy (non-hydrogen) atoms. The molecule has 0 amide bonds. The second-order valence-corrected chi connectivity index (χ2v) is 5.33. The van der Waals surface area contributed by atoms with Crippen LogP contribution in [0.2, 0.25) is 0 Å². The minimum Gasteiger partial charge on any atom is -0.481 e. The summed E-state index contributed by atoms with van der Waals surface area (Å²) in [6, 6.07) is 2.69. The molecule has 1 aliphatic carbocycles. The zero-order valence-corrected chi connectivity index (χ0v) is 10.5. The minimum absolute atomic E-state index is 0.0314. The van der Waals surface area contributed by atoms with Crippen molar-refractivity contribution in [3.63, 3.8) is 0 Å². The summed E-state index contributed by atoms with van der Waals surface area (Å²) in [5.41, 5.74) is -0.413. The van der Waals surface area contributed by atoms with Gasteiger partial charge < -0.3 is 5.11 Å². The van der Waals surface area contributed by atoms with Gasteiger partial charge in [-0.1, -0.05) is 19.9 Å². The predicted octanol–water partition coefficient (Wildman–Crippen LogP) is 3.59. The van der Waals surface area contributed by atoms with Crippen molar-refractivity contribution in [1.82, 2.24) is 0 Å². The van der Waals surface area contributed by atoms with Gasteiger partial charge in [-0.25, -0.2) is 8.78 Å². The molecule has 4 heteroatoms. The van der Waals surface area contributed by atoms with Crippen molar-refractivity contribution in [2.24, 2.45) is 0 Å². The van der Waals surface area contributed by atoms with E-state index in [2.05, 4.69) is 0 Å². The van der Waals surface area contributed by atoms with Crippen molar-refractivity contribution in [3.05, 3.63) is 34.9 Å². The minimum atomic E-state index is -1.01. The molecule has 0 atom stereocenters. The standard InChI is InChI=1S/C14H16F2O2/c1-8(2)9-3-4-10(15)12(13(9)16)14(5-6-14)7-11(17)18/h3-4,8H,5-7H2,1-2H3,(H,17,18). The zero-order valence-electron chi connectivity index (χ0n) is 10.5. The summed E-state index contributed by atoms with van der Waals surface area (Å²) >= 11 is 0. The normalized spacial score (nSPS) is 16.9. The zero-order chi connectivity index (χ0) is 13.5. The fourth-order valence-electron chi connectivity index (χ4n) is 2.46. The number of hydrogen-bond donors (Lipinski definition) is 1. The van der Waals surface area contributed by atoms with Crippen LogP contribution in [0.4, 0.5) is 8.78 Å². The summed E-state index contributed by atoms with van der Waals surface area (Å²) in [5.74, 6) is -2.26. The van der Waals surface area contributed by atoms with E-state index in [9.17, 15) is 13.6 Å². The van der Waals surface area contributed by atoms with Gasteiger partial charge in [-0.15, -0.1) is 0 Å². The molecule has 0 radical (unpaired) electrons. The molecule has 0 bridgehead atoms. The Morgan fingerprint density at radius 3 is 2.44 bits per heavy atom. The van der Waals surface area contributed by atoms with Crippen molar-refractivity contribution in [1.29, 1.82) is 0 Å². The highest BCUT2D eigenvalue weighted by molar-refractivity contribution is 5.70. The molecule has 1 saturated carbocycles. The highest BCUT2D eigenvalue weighted by Gasteiger charge is 2.49. The van der Waals surface area contributed by atoms with Gasteiger partial charge in [0.1, 0.15) is 11.6 Å². The van der Waals surface area contributed by atoms with Crippen molar-refractivity contribution in [3.8, 4) is 0 Å². The Labute approximate surface area is 105 Å². The van der Waals surface area contributed by atoms with Gasteiger partial charge >= 0.3 is 5.97 Å². The monoisotopic (exact) mass is 254 g/mol. The quantitative estimate of drug-likeness (QED) is 0.891. The van der Waals surface area contributed by atoms with E-state index in [1.54, 1.807) is 0 Å². The number of carboxylic acid groups (broad SMARTS) is 1. The summed E-state index contributed by atoms with van der Waals surface area (Å²) < 4.78 is 28.2. The molecule has 1 fully saturated rings. The third kappa shape index (κ3) is 2.11. The highest BCUT2D eigenvalue weighted by Crippen LogP contribution is 2.53. The van der Waals surface area contributed by atoms with Gasteiger partial charge in [0.15, 0.2) is 0 Å². The van der Waals surface area contributed by atoms with Crippen LogP contribution in [0.3, 0.4) is 0 Å². The Balaban J connectivity index is 2.50. The maximum absolute atomic E-state index is 14.3. The van der Waals surface area contributed by atoms with Gasteiger partial charge in [0.05, 0.1) is 6.42 Å². The summed E-state index contributed by atoms with van der Waals surface area (Å²) in [5, 5.41) is 8.87. The van der Waals surface area contributed by atoms with Crippen LogP contribution in [0.5, 0.6) is 0 Å².